The van der Waals surface area contributed by atoms with Gasteiger partial charge in [-0.1, -0.05) is 24.3 Å². The number of rotatable bonds is 6. The van der Waals surface area contributed by atoms with Gasteiger partial charge in [0.25, 0.3) is 0 Å². The van der Waals surface area contributed by atoms with Crippen LogP contribution in [-0.4, -0.2) is 37.5 Å². The molecule has 3 heterocycles. The predicted octanol–water partition coefficient (Wildman–Crippen LogP) is 4.64. The summed E-state index contributed by atoms with van der Waals surface area (Å²) < 4.78 is 1.80. The Balaban J connectivity index is 1.52. The van der Waals surface area contributed by atoms with Crippen molar-refractivity contribution >= 4 is 47.0 Å². The van der Waals surface area contributed by atoms with Crippen molar-refractivity contribution in [3.8, 4) is 16.3 Å². The molecule has 8 heteroatoms. The summed E-state index contributed by atoms with van der Waals surface area (Å²) in [7, 11) is 0. The van der Waals surface area contributed by atoms with Crippen molar-refractivity contribution in [3.05, 3.63) is 59.6 Å². The third kappa shape index (κ3) is 4.51. The molecule has 144 valence electrons. The van der Waals surface area contributed by atoms with E-state index in [-0.39, 0.29) is 9.99 Å². The van der Waals surface area contributed by atoms with Crippen LogP contribution in [0.1, 0.15) is 18.9 Å². The van der Waals surface area contributed by atoms with Gasteiger partial charge in [0.1, 0.15) is 5.69 Å². The molecule has 0 saturated carbocycles. The zero-order valence-corrected chi connectivity index (χ0v) is 17.8. The van der Waals surface area contributed by atoms with E-state index < -0.39 is 0 Å². The molecular weight excluding hydrogens is 408 g/mol. The van der Waals surface area contributed by atoms with Crippen LogP contribution in [0.25, 0.3) is 16.3 Å². The van der Waals surface area contributed by atoms with Gasteiger partial charge in [-0.05, 0) is 30.5 Å². The minimum atomic E-state index is -0.0613. The van der Waals surface area contributed by atoms with E-state index in [9.17, 15) is 4.79 Å². The van der Waals surface area contributed by atoms with Crippen molar-refractivity contribution in [2.45, 2.75) is 17.4 Å². The Morgan fingerprint density at radius 2 is 2.04 bits per heavy atom. The number of hydrogen-bond donors (Lipinski definition) is 1. The van der Waals surface area contributed by atoms with Gasteiger partial charge in [0.15, 0.2) is 0 Å². The SMILES string of the molecule is CC1(CC(=O)N/N=C/c2cn(-c3ccccc3)nc2-c2cccs2)SCCS1. The molecule has 1 amide bonds. The molecule has 1 aliphatic rings. The lowest BCUT2D eigenvalue weighted by Gasteiger charge is -2.19. The highest BCUT2D eigenvalue weighted by Crippen LogP contribution is 2.45. The first kappa shape index (κ1) is 19.3. The molecule has 2 aromatic heterocycles. The highest BCUT2D eigenvalue weighted by molar-refractivity contribution is 8.21. The summed E-state index contributed by atoms with van der Waals surface area (Å²) in [5.74, 6) is 2.13. The van der Waals surface area contributed by atoms with Crippen molar-refractivity contribution in [3.63, 3.8) is 0 Å². The number of thioether (sulfide) groups is 2. The average molecular weight is 429 g/mol. The average Bonchev–Trinajstić information content (AvgIpc) is 3.43. The monoisotopic (exact) mass is 428 g/mol. The van der Waals surface area contributed by atoms with Crippen molar-refractivity contribution in [2.24, 2.45) is 5.10 Å². The number of carbonyl (C=O) groups is 1. The zero-order chi connectivity index (χ0) is 19.4. The fraction of sp³-hybridized carbons (Fsp3) is 0.250. The lowest BCUT2D eigenvalue weighted by Crippen LogP contribution is -2.26. The molecule has 0 radical (unpaired) electrons. The van der Waals surface area contributed by atoms with Crippen LogP contribution in [0.15, 0.2) is 59.1 Å². The lowest BCUT2D eigenvalue weighted by molar-refractivity contribution is -0.121. The largest absolute Gasteiger partial charge is 0.273 e. The van der Waals surface area contributed by atoms with Gasteiger partial charge >= 0.3 is 0 Å². The maximum Gasteiger partial charge on any atom is 0.242 e. The van der Waals surface area contributed by atoms with Gasteiger partial charge in [0, 0.05) is 23.3 Å². The summed E-state index contributed by atoms with van der Waals surface area (Å²) in [6.45, 7) is 2.12. The van der Waals surface area contributed by atoms with Crippen molar-refractivity contribution < 1.29 is 4.79 Å². The van der Waals surface area contributed by atoms with E-state index in [0.717, 1.165) is 33.3 Å². The van der Waals surface area contributed by atoms with Gasteiger partial charge in [0.05, 0.1) is 27.3 Å². The van der Waals surface area contributed by atoms with E-state index in [1.165, 1.54) is 0 Å². The van der Waals surface area contributed by atoms with Crippen molar-refractivity contribution in [1.82, 2.24) is 15.2 Å². The van der Waals surface area contributed by atoms with Gasteiger partial charge in [-0.3, -0.25) is 4.79 Å². The molecule has 1 aliphatic heterocycles. The number of thiophene rings is 1. The first-order valence-electron chi connectivity index (χ1n) is 8.92. The summed E-state index contributed by atoms with van der Waals surface area (Å²) in [5, 5.41) is 11.0. The highest BCUT2D eigenvalue weighted by atomic mass is 32.2. The molecule has 1 saturated heterocycles. The molecule has 28 heavy (non-hydrogen) atoms. The van der Waals surface area contributed by atoms with Crippen LogP contribution in [0.5, 0.6) is 0 Å². The topological polar surface area (TPSA) is 59.3 Å². The molecule has 3 aromatic rings. The smallest absolute Gasteiger partial charge is 0.242 e. The molecule has 1 fully saturated rings. The first-order chi connectivity index (χ1) is 13.6. The number of hydrogen-bond acceptors (Lipinski definition) is 6. The van der Waals surface area contributed by atoms with Gasteiger partial charge in [-0.25, -0.2) is 10.1 Å². The standard InChI is InChI=1S/C20H20N4OS3/c1-20(27-10-11-28-20)12-18(25)22-21-13-15-14-24(16-6-3-2-4-7-16)23-19(15)17-8-5-9-26-17/h2-9,13-14H,10-12H2,1H3,(H,22,25)/b21-13+. The van der Waals surface area contributed by atoms with Gasteiger partial charge < -0.3 is 0 Å². The van der Waals surface area contributed by atoms with E-state index in [4.69, 9.17) is 5.10 Å². The Bertz CT molecular complexity index is 961. The Labute approximate surface area is 176 Å². The number of aromatic nitrogens is 2. The fourth-order valence-electron chi connectivity index (χ4n) is 2.96. The number of nitrogens with one attached hydrogen (secondary N) is 1. The van der Waals surface area contributed by atoms with Crippen molar-refractivity contribution in [1.29, 1.82) is 0 Å². The van der Waals surface area contributed by atoms with Crippen LogP contribution in [0.2, 0.25) is 0 Å². The van der Waals surface area contributed by atoms with Crippen molar-refractivity contribution in [2.75, 3.05) is 11.5 Å². The van der Waals surface area contributed by atoms with Crippen LogP contribution in [0, 0.1) is 0 Å². The van der Waals surface area contributed by atoms with Gasteiger partial charge in [-0.2, -0.15) is 10.2 Å². The summed E-state index contributed by atoms with van der Waals surface area (Å²) in [6, 6.07) is 14.0. The second-order valence-electron chi connectivity index (χ2n) is 6.49. The molecular formula is C20H20N4OS3. The van der Waals surface area contributed by atoms with Crippen LogP contribution in [-0.2, 0) is 4.79 Å². The molecule has 0 spiro atoms. The Morgan fingerprint density at radius 1 is 1.25 bits per heavy atom. The minimum Gasteiger partial charge on any atom is -0.273 e. The maximum absolute atomic E-state index is 12.3. The molecule has 1 N–H and O–H groups in total. The molecule has 1 aromatic carbocycles. The van der Waals surface area contributed by atoms with E-state index in [0.29, 0.717) is 6.42 Å². The van der Waals surface area contributed by atoms with E-state index in [1.807, 2.05) is 82.2 Å². The Morgan fingerprint density at radius 3 is 2.75 bits per heavy atom. The number of hydrazone groups is 1. The third-order valence-corrected chi connectivity index (χ3v) is 8.46. The summed E-state index contributed by atoms with van der Waals surface area (Å²) in [5.41, 5.74) is 5.37. The van der Waals surface area contributed by atoms with Crippen LogP contribution in [0.3, 0.4) is 0 Å². The number of nitrogens with zero attached hydrogens (tertiary/aromatic N) is 3. The number of carbonyl (C=O) groups excluding carboxylic acids is 1. The van der Waals surface area contributed by atoms with E-state index in [2.05, 4.69) is 17.5 Å². The lowest BCUT2D eigenvalue weighted by atomic mass is 10.2. The fourth-order valence-corrected chi connectivity index (χ4v) is 6.52. The van der Waals surface area contributed by atoms with Gasteiger partial charge in [0.2, 0.25) is 5.91 Å². The number of amides is 1. The van der Waals surface area contributed by atoms with E-state index >= 15 is 0 Å². The predicted molar refractivity (Wildman–Crippen MR) is 121 cm³/mol. The zero-order valence-electron chi connectivity index (χ0n) is 15.4. The molecule has 0 bridgehead atoms. The second kappa shape index (κ2) is 8.55. The minimum absolute atomic E-state index is 0.0417. The Kier molecular flexibility index (Phi) is 5.89. The molecule has 0 aliphatic carbocycles. The number of para-hydroxylation sites is 1. The second-order valence-corrected chi connectivity index (χ2v) is 10.9. The van der Waals surface area contributed by atoms with Crippen LogP contribution >= 0.6 is 34.9 Å². The molecule has 5 nitrogen and oxygen atoms in total. The summed E-state index contributed by atoms with van der Waals surface area (Å²) in [6.07, 6.45) is 4.07. The van der Waals surface area contributed by atoms with Crippen LogP contribution in [0.4, 0.5) is 0 Å². The van der Waals surface area contributed by atoms with Gasteiger partial charge in [-0.15, -0.1) is 34.9 Å². The molecule has 4 rings (SSSR count). The quantitative estimate of drug-likeness (QED) is 0.459. The molecule has 0 atom stereocenters. The first-order valence-corrected chi connectivity index (χ1v) is 11.8. The van der Waals surface area contributed by atoms with E-state index in [1.54, 1.807) is 17.6 Å². The summed E-state index contributed by atoms with van der Waals surface area (Å²) >= 11 is 5.31. The third-order valence-electron chi connectivity index (χ3n) is 4.29. The maximum atomic E-state index is 12.3. The highest BCUT2D eigenvalue weighted by Gasteiger charge is 2.32. The number of benzene rings is 1. The Hall–Kier alpha value is -2.03. The van der Waals surface area contributed by atoms with Crippen LogP contribution < -0.4 is 5.43 Å². The molecule has 0 unspecified atom stereocenters. The summed E-state index contributed by atoms with van der Waals surface area (Å²) in [4.78, 5) is 13.3. The normalized spacial score (nSPS) is 15.9.